The molecule has 0 N–H and O–H groups in total. The van der Waals surface area contributed by atoms with Gasteiger partial charge < -0.3 is 4.90 Å². The van der Waals surface area contributed by atoms with Crippen LogP contribution < -0.4 is 4.90 Å². The standard InChI is InChI=1S/C12H20ClN3O2S/c1-10(13)7-8-16(4)12-6-5-11(9-14-12)19(17,18)15(2)3/h5-6,9-10H,7-8H2,1-4H3. The molecule has 1 heterocycles. The Morgan fingerprint density at radius 2 is 1.95 bits per heavy atom. The van der Waals surface area contributed by atoms with Crippen molar-refractivity contribution in [3.05, 3.63) is 18.3 Å². The number of aromatic nitrogens is 1. The number of hydrogen-bond acceptors (Lipinski definition) is 4. The fourth-order valence-electron chi connectivity index (χ4n) is 1.45. The molecule has 108 valence electrons. The zero-order chi connectivity index (χ0) is 14.6. The molecule has 19 heavy (non-hydrogen) atoms. The van der Waals surface area contributed by atoms with Gasteiger partial charge in [-0.1, -0.05) is 0 Å². The molecular weight excluding hydrogens is 286 g/mol. The number of sulfonamides is 1. The van der Waals surface area contributed by atoms with E-state index >= 15 is 0 Å². The van der Waals surface area contributed by atoms with Crippen molar-refractivity contribution in [3.8, 4) is 0 Å². The summed E-state index contributed by atoms with van der Waals surface area (Å²) < 4.78 is 24.9. The highest BCUT2D eigenvalue weighted by molar-refractivity contribution is 7.89. The lowest BCUT2D eigenvalue weighted by molar-refractivity contribution is 0.520. The van der Waals surface area contributed by atoms with Gasteiger partial charge in [0.2, 0.25) is 10.0 Å². The third kappa shape index (κ3) is 4.33. The second-order valence-corrected chi connectivity index (χ2v) is 7.53. The molecule has 1 rings (SSSR count). The molecule has 7 heteroatoms. The third-order valence-corrected chi connectivity index (χ3v) is 4.77. The van der Waals surface area contributed by atoms with E-state index in [1.807, 2.05) is 18.9 Å². The quantitative estimate of drug-likeness (QED) is 0.752. The number of anilines is 1. The maximum atomic E-state index is 11.9. The maximum Gasteiger partial charge on any atom is 0.244 e. The summed E-state index contributed by atoms with van der Waals surface area (Å²) in [5, 5.41) is 0.107. The van der Waals surface area contributed by atoms with Gasteiger partial charge in [0.25, 0.3) is 0 Å². The second-order valence-electron chi connectivity index (χ2n) is 4.63. The molecule has 0 fully saturated rings. The highest BCUT2D eigenvalue weighted by atomic mass is 35.5. The Balaban J connectivity index is 2.82. The van der Waals surface area contributed by atoms with E-state index in [0.29, 0.717) is 0 Å². The van der Waals surface area contributed by atoms with Crippen LogP contribution in [0.2, 0.25) is 0 Å². The van der Waals surface area contributed by atoms with Crippen molar-refractivity contribution >= 4 is 27.4 Å². The number of nitrogens with zero attached hydrogens (tertiary/aromatic N) is 3. The van der Waals surface area contributed by atoms with Crippen LogP contribution in [0.4, 0.5) is 5.82 Å². The molecule has 0 radical (unpaired) electrons. The van der Waals surface area contributed by atoms with Gasteiger partial charge in [-0.2, -0.15) is 0 Å². The highest BCUT2D eigenvalue weighted by Crippen LogP contribution is 2.16. The molecule has 0 bridgehead atoms. The Morgan fingerprint density at radius 3 is 2.37 bits per heavy atom. The Hall–Kier alpha value is -0.850. The number of hydrogen-bond donors (Lipinski definition) is 0. The van der Waals surface area contributed by atoms with Gasteiger partial charge >= 0.3 is 0 Å². The van der Waals surface area contributed by atoms with Crippen LogP contribution in [0.1, 0.15) is 13.3 Å². The summed E-state index contributed by atoms with van der Waals surface area (Å²) >= 11 is 5.90. The summed E-state index contributed by atoms with van der Waals surface area (Å²) in [6.45, 7) is 2.72. The lowest BCUT2D eigenvalue weighted by Crippen LogP contribution is -2.24. The minimum atomic E-state index is -3.41. The Bertz CT molecular complexity index is 500. The summed E-state index contributed by atoms with van der Waals surface area (Å²) in [5.74, 6) is 0.732. The first-order chi connectivity index (χ1) is 8.75. The van der Waals surface area contributed by atoms with Crippen molar-refractivity contribution in [2.75, 3.05) is 32.6 Å². The molecule has 0 amide bonds. The number of rotatable bonds is 6. The van der Waals surface area contributed by atoms with Crippen molar-refractivity contribution in [3.63, 3.8) is 0 Å². The van der Waals surface area contributed by atoms with Crippen molar-refractivity contribution in [1.29, 1.82) is 0 Å². The topological polar surface area (TPSA) is 53.5 Å². The van der Waals surface area contributed by atoms with Crippen LogP contribution in [0.5, 0.6) is 0 Å². The average molecular weight is 306 g/mol. The van der Waals surface area contributed by atoms with Gasteiger partial charge in [0.1, 0.15) is 10.7 Å². The Kier molecular flexibility index (Phi) is 5.58. The van der Waals surface area contributed by atoms with Crippen molar-refractivity contribution in [2.24, 2.45) is 0 Å². The van der Waals surface area contributed by atoms with Gasteiger partial charge in [0.15, 0.2) is 0 Å². The SMILES string of the molecule is CC(Cl)CCN(C)c1ccc(S(=O)(=O)N(C)C)cn1. The van der Waals surface area contributed by atoms with E-state index in [-0.39, 0.29) is 10.3 Å². The fourth-order valence-corrected chi connectivity index (χ4v) is 2.39. The fraction of sp³-hybridized carbons (Fsp3) is 0.583. The lowest BCUT2D eigenvalue weighted by atomic mass is 10.3. The van der Waals surface area contributed by atoms with Crippen LogP contribution >= 0.6 is 11.6 Å². The molecule has 1 atom stereocenters. The van der Waals surface area contributed by atoms with Crippen LogP contribution in [-0.4, -0.2) is 50.8 Å². The average Bonchev–Trinajstić information content (AvgIpc) is 2.35. The largest absolute Gasteiger partial charge is 0.360 e. The predicted molar refractivity (Wildman–Crippen MR) is 78.3 cm³/mol. The van der Waals surface area contributed by atoms with E-state index in [9.17, 15) is 8.42 Å². The first-order valence-electron chi connectivity index (χ1n) is 5.99. The van der Waals surface area contributed by atoms with E-state index in [2.05, 4.69) is 4.98 Å². The molecule has 0 aliphatic rings. The third-order valence-electron chi connectivity index (χ3n) is 2.75. The number of alkyl halides is 1. The summed E-state index contributed by atoms with van der Waals surface area (Å²) in [4.78, 5) is 6.33. The summed E-state index contributed by atoms with van der Waals surface area (Å²) in [6.07, 6.45) is 2.22. The second kappa shape index (κ2) is 6.54. The highest BCUT2D eigenvalue weighted by Gasteiger charge is 2.17. The molecule has 0 aliphatic heterocycles. The molecule has 0 saturated carbocycles. The van der Waals surface area contributed by atoms with E-state index in [1.165, 1.54) is 24.6 Å². The first-order valence-corrected chi connectivity index (χ1v) is 7.86. The molecule has 0 aromatic carbocycles. The predicted octanol–water partition coefficient (Wildman–Crippen LogP) is 1.79. The van der Waals surface area contributed by atoms with Gasteiger partial charge in [0.05, 0.1) is 0 Å². The molecule has 1 aromatic rings. The van der Waals surface area contributed by atoms with Crippen molar-refractivity contribution in [1.82, 2.24) is 9.29 Å². The molecule has 0 spiro atoms. The normalized spacial score (nSPS) is 13.6. The summed E-state index contributed by atoms with van der Waals surface area (Å²) in [6, 6.07) is 3.27. The smallest absolute Gasteiger partial charge is 0.244 e. The zero-order valence-electron chi connectivity index (χ0n) is 11.7. The molecule has 1 unspecified atom stereocenters. The summed E-state index contributed by atoms with van der Waals surface area (Å²) in [7, 11) is 1.49. The Morgan fingerprint density at radius 1 is 1.32 bits per heavy atom. The van der Waals surface area contributed by atoms with Gasteiger partial charge in [-0.3, -0.25) is 0 Å². The Labute approximate surface area is 120 Å². The van der Waals surface area contributed by atoms with Crippen molar-refractivity contribution in [2.45, 2.75) is 23.6 Å². The molecule has 1 aromatic heterocycles. The van der Waals surface area contributed by atoms with Gasteiger partial charge in [-0.05, 0) is 25.5 Å². The monoisotopic (exact) mass is 305 g/mol. The molecule has 0 saturated heterocycles. The molecule has 5 nitrogen and oxygen atoms in total. The van der Waals surface area contributed by atoms with Crippen LogP contribution in [0, 0.1) is 0 Å². The van der Waals surface area contributed by atoms with Gasteiger partial charge in [0, 0.05) is 39.3 Å². The summed E-state index contributed by atoms with van der Waals surface area (Å²) in [5.41, 5.74) is 0. The van der Waals surface area contributed by atoms with E-state index in [0.717, 1.165) is 18.8 Å². The van der Waals surface area contributed by atoms with E-state index < -0.39 is 10.0 Å². The van der Waals surface area contributed by atoms with E-state index in [4.69, 9.17) is 11.6 Å². The zero-order valence-corrected chi connectivity index (χ0v) is 13.2. The minimum Gasteiger partial charge on any atom is -0.360 e. The number of halogens is 1. The van der Waals surface area contributed by atoms with E-state index in [1.54, 1.807) is 12.1 Å². The molecular formula is C12H20ClN3O2S. The van der Waals surface area contributed by atoms with Crippen LogP contribution in [0.3, 0.4) is 0 Å². The van der Waals surface area contributed by atoms with Crippen LogP contribution in [-0.2, 0) is 10.0 Å². The minimum absolute atomic E-state index is 0.107. The van der Waals surface area contributed by atoms with Gasteiger partial charge in [-0.25, -0.2) is 17.7 Å². The van der Waals surface area contributed by atoms with Crippen molar-refractivity contribution < 1.29 is 8.42 Å². The first kappa shape index (κ1) is 16.2. The maximum absolute atomic E-state index is 11.9. The van der Waals surface area contributed by atoms with Crippen LogP contribution in [0.15, 0.2) is 23.2 Å². The lowest BCUT2D eigenvalue weighted by Gasteiger charge is -2.19. The molecule has 0 aliphatic carbocycles. The van der Waals surface area contributed by atoms with Crippen LogP contribution in [0.25, 0.3) is 0 Å². The number of pyridine rings is 1. The van der Waals surface area contributed by atoms with Gasteiger partial charge in [-0.15, -0.1) is 11.6 Å².